The summed E-state index contributed by atoms with van der Waals surface area (Å²) < 4.78 is 0. The van der Waals surface area contributed by atoms with Crippen molar-refractivity contribution in [3.63, 3.8) is 0 Å². The Balaban J connectivity index is 1.03. The average molecular weight is 1030 g/mol. The van der Waals surface area contributed by atoms with E-state index in [-0.39, 0.29) is 5.92 Å². The predicted octanol–water partition coefficient (Wildman–Crippen LogP) is 20.2. The van der Waals surface area contributed by atoms with Gasteiger partial charge >= 0.3 is 0 Å². The highest BCUT2D eigenvalue weighted by Crippen LogP contribution is 2.63. The van der Waals surface area contributed by atoms with Crippen molar-refractivity contribution in [3.8, 4) is 22.3 Å². The van der Waals surface area contributed by atoms with Crippen LogP contribution in [0.1, 0.15) is 94.9 Å². The fraction of sp³-hybridized carbons (Fsp3) is 0.0370. The number of hydrogen-bond acceptors (Lipinski definition) is 0. The summed E-state index contributed by atoms with van der Waals surface area (Å²) in [5, 5.41) is 0. The monoisotopic (exact) mass is 1030 g/mol. The molecule has 0 atom stereocenters. The Bertz CT molecular complexity index is 3980. The number of benzene rings is 12. The van der Waals surface area contributed by atoms with Crippen LogP contribution in [0.25, 0.3) is 57.2 Å². The van der Waals surface area contributed by atoms with E-state index in [2.05, 4.69) is 334 Å². The molecule has 81 heavy (non-hydrogen) atoms. The van der Waals surface area contributed by atoms with E-state index < -0.39 is 5.41 Å². The SMILES string of the molecule is C(=C(c1ccccc1)c1ccccc1)c1ccc2c(c1)-c1cc(C=C(c3ccccc3)c3ccccc3)ccc1C21c2cc(C=C(c3ccccc3)c3ccccc3)ccc2-c2ccc(CC(c3ccccc3)c3ccccc3)cc21. The van der Waals surface area contributed by atoms with Crippen LogP contribution in [-0.4, -0.2) is 0 Å². The summed E-state index contributed by atoms with van der Waals surface area (Å²) in [7, 11) is 0. The van der Waals surface area contributed by atoms with Gasteiger partial charge in [-0.05, 0) is 171 Å². The van der Waals surface area contributed by atoms with Gasteiger partial charge in [-0.2, -0.15) is 0 Å². The van der Waals surface area contributed by atoms with E-state index in [4.69, 9.17) is 0 Å². The molecule has 0 saturated heterocycles. The van der Waals surface area contributed by atoms with Crippen LogP contribution in [0.5, 0.6) is 0 Å². The molecule has 0 aromatic heterocycles. The van der Waals surface area contributed by atoms with Gasteiger partial charge in [-0.1, -0.05) is 297 Å². The molecule has 14 rings (SSSR count). The average Bonchev–Trinajstić information content (AvgIpc) is 1.75. The molecule has 0 amide bonds. The lowest BCUT2D eigenvalue weighted by molar-refractivity contribution is 0.777. The third kappa shape index (κ3) is 9.31. The highest BCUT2D eigenvalue weighted by atomic mass is 14.5. The van der Waals surface area contributed by atoms with E-state index in [9.17, 15) is 0 Å². The topological polar surface area (TPSA) is 0 Å². The van der Waals surface area contributed by atoms with Gasteiger partial charge in [0.1, 0.15) is 0 Å². The molecule has 2 aliphatic rings. The first-order valence-corrected chi connectivity index (χ1v) is 28.3. The summed E-state index contributed by atoms with van der Waals surface area (Å²) in [5.41, 5.74) is 27.8. The number of hydrogen-bond donors (Lipinski definition) is 0. The standard InChI is InChI=1S/C81H58/c1-9-25-61(26-10-1)71(62-27-11-2-12-28-62)49-57-43-47-77-75(53-57)76-54-58(50-72(63-29-13-3-14-30-63)64-31-15-4-16-32-64)44-48-78(76)81(77)79-55-59(51-73(65-33-17-5-18-34-65)66-35-19-6-20-36-66)41-45-69(79)70-46-42-60(56-80(70)81)52-74(67-37-21-7-22-38-67)68-39-23-8-24-40-68/h1-51,53-56,74H,52H2. The Labute approximate surface area is 476 Å². The van der Waals surface area contributed by atoms with Crippen LogP contribution < -0.4 is 0 Å². The third-order valence-electron chi connectivity index (χ3n) is 16.7. The maximum absolute atomic E-state index is 2.58. The van der Waals surface area contributed by atoms with Crippen LogP contribution in [0.15, 0.2) is 315 Å². The molecule has 0 N–H and O–H groups in total. The lowest BCUT2D eigenvalue weighted by Crippen LogP contribution is -2.26. The summed E-state index contributed by atoms with van der Waals surface area (Å²) in [6, 6.07) is 116. The van der Waals surface area contributed by atoms with Crippen LogP contribution in [0.3, 0.4) is 0 Å². The van der Waals surface area contributed by atoms with Crippen LogP contribution in [-0.2, 0) is 11.8 Å². The molecule has 0 nitrogen and oxygen atoms in total. The van der Waals surface area contributed by atoms with Gasteiger partial charge in [0.15, 0.2) is 0 Å². The van der Waals surface area contributed by atoms with E-state index in [1.807, 2.05) is 0 Å². The van der Waals surface area contributed by atoms with Crippen LogP contribution in [0, 0.1) is 0 Å². The third-order valence-corrected chi connectivity index (χ3v) is 16.7. The highest BCUT2D eigenvalue weighted by Gasteiger charge is 2.52. The highest BCUT2D eigenvalue weighted by molar-refractivity contribution is 6.00. The van der Waals surface area contributed by atoms with Gasteiger partial charge in [0.25, 0.3) is 0 Å². The molecule has 0 fully saturated rings. The normalized spacial score (nSPS) is 12.2. The van der Waals surface area contributed by atoms with Crippen molar-refractivity contribution in [2.24, 2.45) is 0 Å². The molecule has 0 heterocycles. The van der Waals surface area contributed by atoms with Gasteiger partial charge in [-0.25, -0.2) is 0 Å². The Morgan fingerprint density at radius 2 is 0.556 bits per heavy atom. The predicted molar refractivity (Wildman–Crippen MR) is 341 cm³/mol. The van der Waals surface area contributed by atoms with Gasteiger partial charge in [0.05, 0.1) is 5.41 Å². The molecule has 0 aliphatic heterocycles. The molecule has 0 heteroatoms. The van der Waals surface area contributed by atoms with Crippen molar-refractivity contribution in [1.82, 2.24) is 0 Å². The fourth-order valence-electron chi connectivity index (χ4n) is 13.0. The van der Waals surface area contributed by atoms with Crippen LogP contribution in [0.2, 0.25) is 0 Å². The Hall–Kier alpha value is -10.1. The van der Waals surface area contributed by atoms with Crippen LogP contribution in [0.4, 0.5) is 0 Å². The second kappa shape index (κ2) is 21.6. The van der Waals surface area contributed by atoms with Crippen molar-refractivity contribution in [3.05, 3.63) is 404 Å². The van der Waals surface area contributed by atoms with Gasteiger partial charge in [-0.3, -0.25) is 0 Å². The minimum atomic E-state index is -0.641. The summed E-state index contributed by atoms with van der Waals surface area (Å²) in [6.07, 6.45) is 8.04. The van der Waals surface area contributed by atoms with Crippen molar-refractivity contribution < 1.29 is 0 Å². The maximum Gasteiger partial charge on any atom is 0.0725 e. The molecule has 1 spiro atoms. The summed E-state index contributed by atoms with van der Waals surface area (Å²) in [4.78, 5) is 0. The quantitative estimate of drug-likeness (QED) is 0.101. The molecular formula is C81H58. The van der Waals surface area contributed by atoms with E-state index in [1.165, 1.54) is 111 Å². The van der Waals surface area contributed by atoms with Crippen molar-refractivity contribution >= 4 is 34.9 Å². The first-order valence-electron chi connectivity index (χ1n) is 28.3. The van der Waals surface area contributed by atoms with Gasteiger partial charge in [0, 0.05) is 5.92 Å². The van der Waals surface area contributed by atoms with Crippen molar-refractivity contribution in [2.75, 3.05) is 0 Å². The van der Waals surface area contributed by atoms with Gasteiger partial charge in [0.2, 0.25) is 0 Å². The van der Waals surface area contributed by atoms with Crippen molar-refractivity contribution in [1.29, 1.82) is 0 Å². The van der Waals surface area contributed by atoms with Crippen molar-refractivity contribution in [2.45, 2.75) is 17.8 Å². The lowest BCUT2D eigenvalue weighted by atomic mass is 9.69. The maximum atomic E-state index is 2.58. The van der Waals surface area contributed by atoms with Gasteiger partial charge < -0.3 is 0 Å². The molecule has 0 unspecified atom stereocenters. The molecule has 2 aliphatic carbocycles. The molecule has 12 aromatic rings. The molecule has 12 aromatic carbocycles. The second-order valence-corrected chi connectivity index (χ2v) is 21.5. The zero-order chi connectivity index (χ0) is 54.0. The van der Waals surface area contributed by atoms with E-state index in [0.29, 0.717) is 0 Å². The smallest absolute Gasteiger partial charge is 0.0622 e. The molecule has 0 radical (unpaired) electrons. The first kappa shape index (κ1) is 49.2. The lowest BCUT2D eigenvalue weighted by Gasteiger charge is -2.31. The molecular weight excluding hydrogens is 973 g/mol. The first-order chi connectivity index (χ1) is 40.2. The molecule has 0 saturated carbocycles. The largest absolute Gasteiger partial charge is 0.0725 e. The Morgan fingerprint density at radius 1 is 0.259 bits per heavy atom. The summed E-state index contributed by atoms with van der Waals surface area (Å²) in [6.45, 7) is 0. The summed E-state index contributed by atoms with van der Waals surface area (Å²) >= 11 is 0. The fourth-order valence-corrected chi connectivity index (χ4v) is 13.0. The second-order valence-electron chi connectivity index (χ2n) is 21.5. The number of fused-ring (bicyclic) bond motifs is 10. The number of rotatable bonds is 13. The zero-order valence-corrected chi connectivity index (χ0v) is 45.0. The molecule has 382 valence electrons. The summed E-state index contributed by atoms with van der Waals surface area (Å²) in [5.74, 6) is 0.176. The van der Waals surface area contributed by atoms with E-state index in [0.717, 1.165) is 23.1 Å². The Kier molecular flexibility index (Phi) is 13.1. The van der Waals surface area contributed by atoms with Gasteiger partial charge in [-0.15, -0.1) is 0 Å². The Morgan fingerprint density at radius 3 is 0.914 bits per heavy atom. The van der Waals surface area contributed by atoms with E-state index >= 15 is 0 Å². The molecule has 0 bridgehead atoms. The zero-order valence-electron chi connectivity index (χ0n) is 45.0. The minimum Gasteiger partial charge on any atom is -0.0622 e. The van der Waals surface area contributed by atoms with Crippen LogP contribution >= 0.6 is 0 Å². The minimum absolute atomic E-state index is 0.176. The van der Waals surface area contributed by atoms with E-state index in [1.54, 1.807) is 0 Å².